The van der Waals surface area contributed by atoms with Crippen LogP contribution in [0, 0.1) is 3.57 Å². The highest BCUT2D eigenvalue weighted by atomic mass is 127. The first kappa shape index (κ1) is 13.2. The standard InChI is InChI=1S/C12H12ClIN2S/c1-3-7-5-6-9(17-7)12-15-8(4-2)10(14)11(13)16-12/h5-6H,3-4H2,1-2H3. The highest BCUT2D eigenvalue weighted by Crippen LogP contribution is 2.29. The Morgan fingerprint density at radius 3 is 2.59 bits per heavy atom. The van der Waals surface area contributed by atoms with Crippen LogP contribution in [-0.2, 0) is 12.8 Å². The molecule has 2 aromatic rings. The Bertz CT molecular complexity index is 539. The van der Waals surface area contributed by atoms with Crippen LogP contribution in [0.3, 0.4) is 0 Å². The van der Waals surface area contributed by atoms with Crippen molar-refractivity contribution in [3.8, 4) is 10.7 Å². The van der Waals surface area contributed by atoms with Crippen molar-refractivity contribution in [3.05, 3.63) is 31.4 Å². The largest absolute Gasteiger partial charge is 0.231 e. The average molecular weight is 379 g/mol. The van der Waals surface area contributed by atoms with Gasteiger partial charge in [0.25, 0.3) is 0 Å². The number of rotatable bonds is 3. The second kappa shape index (κ2) is 5.63. The molecule has 0 aliphatic rings. The number of hydrogen-bond donors (Lipinski definition) is 0. The Labute approximate surface area is 124 Å². The van der Waals surface area contributed by atoms with Crippen LogP contribution >= 0.6 is 45.5 Å². The molecule has 0 unspecified atom stereocenters. The maximum absolute atomic E-state index is 6.13. The lowest BCUT2D eigenvalue weighted by molar-refractivity contribution is 0.992. The molecule has 2 nitrogen and oxygen atoms in total. The molecule has 0 saturated heterocycles. The Kier molecular flexibility index (Phi) is 4.38. The van der Waals surface area contributed by atoms with E-state index in [1.807, 2.05) is 0 Å². The Hall–Kier alpha value is -0.200. The van der Waals surface area contributed by atoms with Gasteiger partial charge in [-0.1, -0.05) is 25.4 Å². The fourth-order valence-electron chi connectivity index (χ4n) is 1.50. The summed E-state index contributed by atoms with van der Waals surface area (Å²) < 4.78 is 0.961. The molecule has 0 aliphatic heterocycles. The number of aryl methyl sites for hydroxylation is 2. The third kappa shape index (κ3) is 2.80. The second-order valence-electron chi connectivity index (χ2n) is 3.57. The van der Waals surface area contributed by atoms with E-state index in [2.05, 4.69) is 58.5 Å². The molecule has 0 atom stereocenters. The normalized spacial score (nSPS) is 10.8. The molecular weight excluding hydrogens is 367 g/mol. The summed E-state index contributed by atoms with van der Waals surface area (Å²) in [7, 11) is 0. The maximum Gasteiger partial charge on any atom is 0.171 e. The van der Waals surface area contributed by atoms with E-state index < -0.39 is 0 Å². The summed E-state index contributed by atoms with van der Waals surface area (Å²) in [5, 5.41) is 0.555. The zero-order chi connectivity index (χ0) is 12.4. The predicted octanol–water partition coefficient (Wildman–Crippen LogP) is 4.59. The lowest BCUT2D eigenvalue weighted by Gasteiger charge is -2.04. The number of halogens is 2. The molecule has 2 aromatic heterocycles. The third-order valence-electron chi connectivity index (χ3n) is 2.44. The van der Waals surface area contributed by atoms with E-state index in [1.54, 1.807) is 11.3 Å². The van der Waals surface area contributed by atoms with Gasteiger partial charge in [0, 0.05) is 4.88 Å². The summed E-state index contributed by atoms with van der Waals surface area (Å²) in [6.45, 7) is 4.23. The van der Waals surface area contributed by atoms with Gasteiger partial charge in [-0.25, -0.2) is 9.97 Å². The zero-order valence-electron chi connectivity index (χ0n) is 9.63. The molecule has 17 heavy (non-hydrogen) atoms. The lowest BCUT2D eigenvalue weighted by Crippen LogP contribution is -1.98. The van der Waals surface area contributed by atoms with Crippen LogP contribution in [0.5, 0.6) is 0 Å². The van der Waals surface area contributed by atoms with Crippen molar-refractivity contribution >= 4 is 45.5 Å². The van der Waals surface area contributed by atoms with E-state index in [4.69, 9.17) is 11.6 Å². The van der Waals surface area contributed by atoms with Crippen LogP contribution in [0.25, 0.3) is 10.7 Å². The summed E-state index contributed by atoms with van der Waals surface area (Å²) in [6, 6.07) is 4.20. The minimum atomic E-state index is 0.555. The molecule has 2 rings (SSSR count). The van der Waals surface area contributed by atoms with Crippen molar-refractivity contribution in [2.24, 2.45) is 0 Å². The number of aromatic nitrogens is 2. The molecule has 0 N–H and O–H groups in total. The Balaban J connectivity index is 2.48. The van der Waals surface area contributed by atoms with Crippen molar-refractivity contribution in [1.82, 2.24) is 9.97 Å². The van der Waals surface area contributed by atoms with E-state index in [1.165, 1.54) is 4.88 Å². The van der Waals surface area contributed by atoms with Gasteiger partial charge in [0.05, 0.1) is 14.1 Å². The SMILES string of the molecule is CCc1ccc(-c2nc(Cl)c(I)c(CC)n2)s1. The molecule has 0 radical (unpaired) electrons. The molecule has 0 aromatic carbocycles. The highest BCUT2D eigenvalue weighted by molar-refractivity contribution is 14.1. The number of nitrogens with zero attached hydrogens (tertiary/aromatic N) is 2. The van der Waals surface area contributed by atoms with Crippen LogP contribution in [0.4, 0.5) is 0 Å². The molecule has 0 saturated carbocycles. The van der Waals surface area contributed by atoms with E-state index in [9.17, 15) is 0 Å². The van der Waals surface area contributed by atoms with Crippen molar-refractivity contribution in [2.45, 2.75) is 26.7 Å². The van der Waals surface area contributed by atoms with E-state index in [0.29, 0.717) is 5.15 Å². The molecule has 90 valence electrons. The number of thiophene rings is 1. The summed E-state index contributed by atoms with van der Waals surface area (Å²) in [6.07, 6.45) is 1.92. The van der Waals surface area contributed by atoms with Crippen molar-refractivity contribution in [1.29, 1.82) is 0 Å². The van der Waals surface area contributed by atoms with Crippen LogP contribution in [-0.4, -0.2) is 9.97 Å². The van der Waals surface area contributed by atoms with Crippen LogP contribution in [0.2, 0.25) is 5.15 Å². The fourth-order valence-corrected chi connectivity index (χ4v) is 3.19. The minimum Gasteiger partial charge on any atom is -0.231 e. The number of hydrogen-bond acceptors (Lipinski definition) is 3. The smallest absolute Gasteiger partial charge is 0.171 e. The van der Waals surface area contributed by atoms with E-state index in [0.717, 1.165) is 32.8 Å². The summed E-state index contributed by atoms with van der Waals surface area (Å²) in [4.78, 5) is 11.4. The Morgan fingerprint density at radius 1 is 1.24 bits per heavy atom. The monoisotopic (exact) mass is 378 g/mol. The third-order valence-corrected chi connectivity index (χ3v) is 5.40. The quantitative estimate of drug-likeness (QED) is 0.577. The van der Waals surface area contributed by atoms with Gasteiger partial charge in [0.15, 0.2) is 5.82 Å². The molecule has 2 heterocycles. The second-order valence-corrected chi connectivity index (χ2v) is 6.18. The van der Waals surface area contributed by atoms with Gasteiger partial charge < -0.3 is 0 Å². The van der Waals surface area contributed by atoms with Gasteiger partial charge in [0.1, 0.15) is 5.15 Å². The summed E-state index contributed by atoms with van der Waals surface area (Å²) in [5.74, 6) is 0.747. The molecule has 5 heteroatoms. The maximum atomic E-state index is 6.13. The first-order chi connectivity index (χ1) is 8.15. The van der Waals surface area contributed by atoms with Crippen molar-refractivity contribution in [2.75, 3.05) is 0 Å². The van der Waals surface area contributed by atoms with Gasteiger partial charge in [-0.3, -0.25) is 0 Å². The average Bonchev–Trinajstić information content (AvgIpc) is 2.81. The lowest BCUT2D eigenvalue weighted by atomic mass is 10.3. The van der Waals surface area contributed by atoms with Crippen molar-refractivity contribution < 1.29 is 0 Å². The van der Waals surface area contributed by atoms with Gasteiger partial charge in [-0.05, 0) is 47.6 Å². The first-order valence-corrected chi connectivity index (χ1v) is 7.74. The molecule has 0 amide bonds. The van der Waals surface area contributed by atoms with E-state index in [-0.39, 0.29) is 0 Å². The van der Waals surface area contributed by atoms with Gasteiger partial charge in [0.2, 0.25) is 0 Å². The molecule has 0 fully saturated rings. The molecule has 0 aliphatic carbocycles. The summed E-state index contributed by atoms with van der Waals surface area (Å²) >= 11 is 10.1. The minimum absolute atomic E-state index is 0.555. The van der Waals surface area contributed by atoms with Gasteiger partial charge >= 0.3 is 0 Å². The van der Waals surface area contributed by atoms with Crippen LogP contribution in [0.1, 0.15) is 24.4 Å². The van der Waals surface area contributed by atoms with Crippen molar-refractivity contribution in [3.63, 3.8) is 0 Å². The highest BCUT2D eigenvalue weighted by Gasteiger charge is 2.12. The Morgan fingerprint density at radius 2 is 2.00 bits per heavy atom. The van der Waals surface area contributed by atoms with Gasteiger partial charge in [-0.15, -0.1) is 11.3 Å². The topological polar surface area (TPSA) is 25.8 Å². The van der Waals surface area contributed by atoms with Crippen LogP contribution in [0.15, 0.2) is 12.1 Å². The molecular formula is C12H12ClIN2S. The van der Waals surface area contributed by atoms with E-state index >= 15 is 0 Å². The first-order valence-electron chi connectivity index (χ1n) is 5.46. The molecule has 0 spiro atoms. The fraction of sp³-hybridized carbons (Fsp3) is 0.333. The summed E-state index contributed by atoms with van der Waals surface area (Å²) in [5.41, 5.74) is 1.02. The van der Waals surface area contributed by atoms with Crippen LogP contribution < -0.4 is 0 Å². The molecule has 0 bridgehead atoms. The zero-order valence-corrected chi connectivity index (χ0v) is 13.4. The van der Waals surface area contributed by atoms with Gasteiger partial charge in [-0.2, -0.15) is 0 Å². The predicted molar refractivity (Wildman–Crippen MR) is 81.8 cm³/mol.